The lowest BCUT2D eigenvalue weighted by molar-refractivity contribution is -0.143. The normalized spacial score (nSPS) is 26.3. The first-order valence-corrected chi connectivity index (χ1v) is 7.99. The molecule has 2 fully saturated rings. The molecule has 1 unspecified atom stereocenters. The summed E-state index contributed by atoms with van der Waals surface area (Å²) in [4.78, 5) is 17.0. The maximum absolute atomic E-state index is 12.7. The molecule has 4 nitrogen and oxygen atoms in total. The lowest BCUT2D eigenvalue weighted by atomic mass is 9.98. The average molecular weight is 271 g/mol. The van der Waals surface area contributed by atoms with Crippen LogP contribution in [0.25, 0.3) is 0 Å². The van der Waals surface area contributed by atoms with Crippen molar-refractivity contribution in [3.63, 3.8) is 0 Å². The fraction of sp³-hybridized carbons (Fsp3) is 0.923. The van der Waals surface area contributed by atoms with Crippen molar-refractivity contribution >= 4 is 17.7 Å². The summed E-state index contributed by atoms with van der Waals surface area (Å²) < 4.78 is 0. The second kappa shape index (κ2) is 5.80. The van der Waals surface area contributed by atoms with Crippen LogP contribution in [0.1, 0.15) is 20.3 Å². The Morgan fingerprint density at radius 3 is 2.61 bits per heavy atom. The first-order valence-electron chi connectivity index (χ1n) is 6.84. The predicted molar refractivity (Wildman–Crippen MR) is 77.0 cm³/mol. The van der Waals surface area contributed by atoms with Gasteiger partial charge in [-0.3, -0.25) is 9.69 Å². The number of hydrogen-bond acceptors (Lipinski definition) is 4. The van der Waals surface area contributed by atoms with Crippen molar-refractivity contribution in [1.82, 2.24) is 15.1 Å². The van der Waals surface area contributed by atoms with Crippen LogP contribution in [0.15, 0.2) is 0 Å². The number of thioether (sulfide) groups is 1. The number of rotatable bonds is 3. The third-order valence-corrected chi connectivity index (χ3v) is 5.35. The Balaban J connectivity index is 2.00. The van der Waals surface area contributed by atoms with Crippen LogP contribution in [0.2, 0.25) is 0 Å². The minimum Gasteiger partial charge on any atom is -0.340 e. The van der Waals surface area contributed by atoms with E-state index in [2.05, 4.69) is 24.1 Å². The minimum atomic E-state index is -0.371. The van der Waals surface area contributed by atoms with Crippen molar-refractivity contribution in [3.8, 4) is 0 Å². The van der Waals surface area contributed by atoms with Gasteiger partial charge in [0, 0.05) is 45.0 Å². The van der Waals surface area contributed by atoms with E-state index in [9.17, 15) is 4.79 Å². The van der Waals surface area contributed by atoms with Crippen LogP contribution in [-0.2, 0) is 4.79 Å². The Labute approximate surface area is 114 Å². The van der Waals surface area contributed by atoms with E-state index in [1.54, 1.807) is 0 Å². The highest BCUT2D eigenvalue weighted by Gasteiger charge is 2.39. The summed E-state index contributed by atoms with van der Waals surface area (Å²) >= 11 is 1.96. The first-order chi connectivity index (χ1) is 8.53. The van der Waals surface area contributed by atoms with Crippen LogP contribution in [0.3, 0.4) is 0 Å². The molecule has 0 bridgehead atoms. The van der Waals surface area contributed by atoms with Gasteiger partial charge in [-0.15, -0.1) is 0 Å². The molecule has 104 valence electrons. The number of carbonyl (C=O) groups is 1. The van der Waals surface area contributed by atoms with E-state index in [4.69, 9.17) is 0 Å². The maximum Gasteiger partial charge on any atom is 0.242 e. The Morgan fingerprint density at radius 2 is 2.06 bits per heavy atom. The van der Waals surface area contributed by atoms with Gasteiger partial charge in [0.1, 0.15) is 0 Å². The van der Waals surface area contributed by atoms with Gasteiger partial charge in [-0.2, -0.15) is 11.8 Å². The maximum atomic E-state index is 12.7. The zero-order valence-corrected chi connectivity index (χ0v) is 12.6. The Bertz CT molecular complexity index is 297. The van der Waals surface area contributed by atoms with Crippen LogP contribution in [-0.4, -0.2) is 72.0 Å². The molecule has 2 aliphatic heterocycles. The lowest BCUT2D eigenvalue weighted by Crippen LogP contribution is -2.61. The van der Waals surface area contributed by atoms with E-state index in [1.165, 1.54) is 5.75 Å². The summed E-state index contributed by atoms with van der Waals surface area (Å²) in [5.41, 5.74) is -0.371. The van der Waals surface area contributed by atoms with E-state index in [0.717, 1.165) is 38.4 Å². The van der Waals surface area contributed by atoms with E-state index in [-0.39, 0.29) is 11.4 Å². The Hall–Kier alpha value is -0.260. The number of carbonyl (C=O) groups excluding carboxylic acids is 1. The number of nitrogens with zero attached hydrogens (tertiary/aromatic N) is 2. The topological polar surface area (TPSA) is 35.6 Å². The van der Waals surface area contributed by atoms with Crippen molar-refractivity contribution < 1.29 is 4.79 Å². The van der Waals surface area contributed by atoms with Crippen molar-refractivity contribution in [1.29, 1.82) is 0 Å². The molecule has 0 aliphatic carbocycles. The largest absolute Gasteiger partial charge is 0.340 e. The molecular weight excluding hydrogens is 246 g/mol. The van der Waals surface area contributed by atoms with Crippen molar-refractivity contribution in [2.45, 2.75) is 31.8 Å². The molecule has 0 saturated carbocycles. The smallest absolute Gasteiger partial charge is 0.242 e. The highest BCUT2D eigenvalue weighted by atomic mass is 32.2. The van der Waals surface area contributed by atoms with E-state index >= 15 is 0 Å². The number of hydrogen-bond donors (Lipinski definition) is 1. The molecular formula is C13H25N3OS. The van der Waals surface area contributed by atoms with E-state index < -0.39 is 0 Å². The summed E-state index contributed by atoms with van der Waals surface area (Å²) in [6.45, 7) is 8.04. The molecule has 1 amide bonds. The molecule has 0 radical (unpaired) electrons. The third-order valence-electron chi connectivity index (χ3n) is 4.20. The summed E-state index contributed by atoms with van der Waals surface area (Å²) in [5, 5.41) is 3.34. The second-order valence-corrected chi connectivity index (χ2v) is 6.88. The SMILES string of the molecule is CN(C(=O)C(C)(C)N1CCNCC1)C1CCSC1. The second-order valence-electron chi connectivity index (χ2n) is 5.73. The standard InChI is InChI=1S/C13H25N3OS/c1-13(2,16-7-5-14-6-8-16)12(17)15(3)11-4-9-18-10-11/h11,14H,4-10H2,1-3H3. The van der Waals surface area contributed by atoms with Crippen LogP contribution in [0.5, 0.6) is 0 Å². The molecule has 5 heteroatoms. The van der Waals surface area contributed by atoms with Crippen LogP contribution >= 0.6 is 11.8 Å². The molecule has 18 heavy (non-hydrogen) atoms. The van der Waals surface area contributed by atoms with Gasteiger partial charge in [-0.25, -0.2) is 0 Å². The third kappa shape index (κ3) is 2.83. The van der Waals surface area contributed by atoms with Crippen LogP contribution in [0.4, 0.5) is 0 Å². The van der Waals surface area contributed by atoms with Gasteiger partial charge >= 0.3 is 0 Å². The van der Waals surface area contributed by atoms with Gasteiger partial charge in [0.2, 0.25) is 5.91 Å². The van der Waals surface area contributed by atoms with Gasteiger partial charge in [0.15, 0.2) is 0 Å². The monoisotopic (exact) mass is 271 g/mol. The molecule has 0 spiro atoms. The number of amides is 1. The molecule has 1 atom stereocenters. The van der Waals surface area contributed by atoms with Gasteiger partial charge in [-0.05, 0) is 26.0 Å². The highest BCUT2D eigenvalue weighted by molar-refractivity contribution is 7.99. The molecule has 1 N–H and O–H groups in total. The van der Waals surface area contributed by atoms with Crippen molar-refractivity contribution in [2.24, 2.45) is 0 Å². The molecule has 0 aromatic heterocycles. The molecule has 0 aromatic carbocycles. The fourth-order valence-corrected chi connectivity index (χ4v) is 4.05. The summed E-state index contributed by atoms with van der Waals surface area (Å²) in [6, 6.07) is 0.435. The predicted octanol–water partition coefficient (Wildman–Crippen LogP) is 0.634. The van der Waals surface area contributed by atoms with Gasteiger partial charge < -0.3 is 10.2 Å². The van der Waals surface area contributed by atoms with E-state index in [0.29, 0.717) is 6.04 Å². The van der Waals surface area contributed by atoms with Gasteiger partial charge in [-0.1, -0.05) is 0 Å². The van der Waals surface area contributed by atoms with Crippen LogP contribution < -0.4 is 5.32 Å². The summed E-state index contributed by atoms with van der Waals surface area (Å²) in [5.74, 6) is 2.56. The molecule has 0 aromatic rings. The number of nitrogens with one attached hydrogen (secondary N) is 1. The van der Waals surface area contributed by atoms with Crippen molar-refractivity contribution in [2.75, 3.05) is 44.7 Å². The number of piperazine rings is 1. The van der Waals surface area contributed by atoms with Gasteiger partial charge in [0.05, 0.1) is 5.54 Å². The quantitative estimate of drug-likeness (QED) is 0.817. The zero-order chi connectivity index (χ0) is 13.2. The average Bonchev–Trinajstić information content (AvgIpc) is 2.92. The highest BCUT2D eigenvalue weighted by Crippen LogP contribution is 2.25. The lowest BCUT2D eigenvalue weighted by Gasteiger charge is -2.42. The fourth-order valence-electron chi connectivity index (χ4n) is 2.78. The number of likely N-dealkylation sites (N-methyl/N-ethyl adjacent to an activating group) is 1. The molecule has 2 saturated heterocycles. The Morgan fingerprint density at radius 1 is 1.39 bits per heavy atom. The van der Waals surface area contributed by atoms with Crippen molar-refractivity contribution in [3.05, 3.63) is 0 Å². The Kier molecular flexibility index (Phi) is 4.56. The minimum absolute atomic E-state index is 0.275. The zero-order valence-electron chi connectivity index (χ0n) is 11.7. The molecule has 2 rings (SSSR count). The first kappa shape index (κ1) is 14.2. The van der Waals surface area contributed by atoms with Crippen LogP contribution in [0, 0.1) is 0 Å². The van der Waals surface area contributed by atoms with E-state index in [1.807, 2.05) is 23.7 Å². The summed E-state index contributed by atoms with van der Waals surface area (Å²) in [7, 11) is 1.98. The van der Waals surface area contributed by atoms with Gasteiger partial charge in [0.25, 0.3) is 0 Å². The molecule has 2 aliphatic rings. The molecule has 2 heterocycles. The summed E-state index contributed by atoms with van der Waals surface area (Å²) in [6.07, 6.45) is 1.14.